The lowest BCUT2D eigenvalue weighted by molar-refractivity contribution is -0.304. The van der Waals surface area contributed by atoms with Gasteiger partial charge in [0.15, 0.2) is 0 Å². The molecule has 0 heterocycles. The molecule has 0 aromatic heterocycles. The molecule has 0 saturated carbocycles. The summed E-state index contributed by atoms with van der Waals surface area (Å²) in [6, 6.07) is 0. The molecule has 0 aliphatic rings. The van der Waals surface area contributed by atoms with Gasteiger partial charge >= 0.3 is 0 Å². The first-order chi connectivity index (χ1) is 7.43. The monoisotopic (exact) mass is 226 g/mol. The van der Waals surface area contributed by atoms with Crippen molar-refractivity contribution in [3.63, 3.8) is 0 Å². The summed E-state index contributed by atoms with van der Waals surface area (Å²) >= 11 is 0. The van der Waals surface area contributed by atoms with Gasteiger partial charge in [-0.25, -0.2) is 9.78 Å². The lowest BCUT2D eigenvalue weighted by atomic mass is 9.98. The minimum Gasteiger partial charge on any atom is -0.236 e. The fourth-order valence-electron chi connectivity index (χ4n) is 1.10. The van der Waals surface area contributed by atoms with Gasteiger partial charge in [-0.15, -0.1) is 0 Å². The van der Waals surface area contributed by atoms with Gasteiger partial charge in [0.2, 0.25) is 0 Å². The highest BCUT2D eigenvalue weighted by Gasteiger charge is 2.09. The molecule has 0 rings (SSSR count). The van der Waals surface area contributed by atoms with Gasteiger partial charge in [0.25, 0.3) is 0 Å². The zero-order valence-electron chi connectivity index (χ0n) is 11.4. The van der Waals surface area contributed by atoms with Gasteiger partial charge in [-0.05, 0) is 33.1 Å². The van der Waals surface area contributed by atoms with Crippen LogP contribution in [0, 0.1) is 11.8 Å². The van der Waals surface area contributed by atoms with Crippen LogP contribution in [0.2, 0.25) is 0 Å². The molecule has 0 aromatic rings. The molecule has 0 amide bonds. The first-order valence-electron chi connectivity index (χ1n) is 5.96. The molecular formula is C14H26O2. The standard InChI is InChI=1S/C14H26O2/c1-11(2)7-8-14(13(5)6)10-16-15-9-12(3)4/h7,12,14H,5,8-10H2,1-4,6H3. The van der Waals surface area contributed by atoms with E-state index >= 15 is 0 Å². The first kappa shape index (κ1) is 15.4. The molecule has 0 radical (unpaired) electrons. The Kier molecular flexibility index (Phi) is 8.22. The van der Waals surface area contributed by atoms with Crippen LogP contribution >= 0.6 is 0 Å². The van der Waals surface area contributed by atoms with Crippen molar-refractivity contribution in [2.24, 2.45) is 11.8 Å². The fraction of sp³-hybridized carbons (Fsp3) is 0.714. The van der Waals surface area contributed by atoms with Crippen molar-refractivity contribution in [3.05, 3.63) is 23.8 Å². The zero-order valence-corrected chi connectivity index (χ0v) is 11.4. The predicted molar refractivity (Wildman–Crippen MR) is 69.1 cm³/mol. The van der Waals surface area contributed by atoms with E-state index in [0.717, 1.165) is 12.0 Å². The first-order valence-corrected chi connectivity index (χ1v) is 5.96. The minimum absolute atomic E-state index is 0.349. The molecule has 0 saturated heterocycles. The van der Waals surface area contributed by atoms with Crippen molar-refractivity contribution >= 4 is 0 Å². The maximum atomic E-state index is 5.21. The summed E-state index contributed by atoms with van der Waals surface area (Å²) in [5.74, 6) is 0.850. The Hall–Kier alpha value is -0.600. The average molecular weight is 226 g/mol. The Morgan fingerprint density at radius 2 is 1.69 bits per heavy atom. The van der Waals surface area contributed by atoms with Gasteiger partial charge in [-0.2, -0.15) is 0 Å². The van der Waals surface area contributed by atoms with Crippen molar-refractivity contribution in [2.45, 2.75) is 41.0 Å². The van der Waals surface area contributed by atoms with E-state index in [9.17, 15) is 0 Å². The molecule has 16 heavy (non-hydrogen) atoms. The third kappa shape index (κ3) is 8.69. The van der Waals surface area contributed by atoms with Gasteiger partial charge in [-0.1, -0.05) is 37.6 Å². The predicted octanol–water partition coefficient (Wildman–Crippen LogP) is 4.14. The second-order valence-electron chi connectivity index (χ2n) is 5.02. The van der Waals surface area contributed by atoms with E-state index < -0.39 is 0 Å². The molecule has 2 nitrogen and oxygen atoms in total. The lowest BCUT2D eigenvalue weighted by Crippen LogP contribution is -2.12. The SMILES string of the molecule is C=C(C)C(CC=C(C)C)COOCC(C)C. The Labute approximate surface area is 100 Å². The van der Waals surface area contributed by atoms with E-state index in [4.69, 9.17) is 9.78 Å². The molecule has 0 aliphatic heterocycles. The van der Waals surface area contributed by atoms with Gasteiger partial charge < -0.3 is 0 Å². The number of allylic oxidation sites excluding steroid dienone is 2. The van der Waals surface area contributed by atoms with Crippen molar-refractivity contribution in [1.29, 1.82) is 0 Å². The molecule has 0 bridgehead atoms. The van der Waals surface area contributed by atoms with Crippen LogP contribution in [0.25, 0.3) is 0 Å². The third-order valence-electron chi connectivity index (χ3n) is 2.26. The topological polar surface area (TPSA) is 18.5 Å². The van der Waals surface area contributed by atoms with Gasteiger partial charge in [0.1, 0.15) is 0 Å². The number of hydrogen-bond acceptors (Lipinski definition) is 2. The van der Waals surface area contributed by atoms with Crippen LogP contribution in [-0.4, -0.2) is 13.2 Å². The summed E-state index contributed by atoms with van der Waals surface area (Å²) in [7, 11) is 0. The zero-order chi connectivity index (χ0) is 12.6. The maximum Gasteiger partial charge on any atom is 0.0890 e. The van der Waals surface area contributed by atoms with Gasteiger partial charge in [0, 0.05) is 5.92 Å². The van der Waals surface area contributed by atoms with E-state index in [-0.39, 0.29) is 0 Å². The van der Waals surface area contributed by atoms with E-state index in [1.807, 2.05) is 6.92 Å². The van der Waals surface area contributed by atoms with Crippen LogP contribution < -0.4 is 0 Å². The molecule has 1 atom stereocenters. The summed E-state index contributed by atoms with van der Waals surface area (Å²) in [5, 5.41) is 0. The van der Waals surface area contributed by atoms with E-state index in [1.54, 1.807) is 0 Å². The minimum atomic E-state index is 0.349. The molecule has 0 N–H and O–H groups in total. The highest BCUT2D eigenvalue weighted by molar-refractivity contribution is 5.02. The molecule has 0 fully saturated rings. The maximum absolute atomic E-state index is 5.21. The highest BCUT2D eigenvalue weighted by atomic mass is 17.2. The molecule has 0 aromatic carbocycles. The summed E-state index contributed by atoms with van der Waals surface area (Å²) in [5.41, 5.74) is 2.47. The Balaban J connectivity index is 3.86. The molecule has 1 unspecified atom stereocenters. The fourth-order valence-corrected chi connectivity index (χ4v) is 1.10. The van der Waals surface area contributed by atoms with Crippen LogP contribution in [0.15, 0.2) is 23.8 Å². The van der Waals surface area contributed by atoms with Crippen LogP contribution in [-0.2, 0) is 9.78 Å². The molecule has 2 heteroatoms. The summed E-state index contributed by atoms with van der Waals surface area (Å²) < 4.78 is 0. The van der Waals surface area contributed by atoms with Crippen LogP contribution in [0.5, 0.6) is 0 Å². The Morgan fingerprint density at radius 1 is 1.12 bits per heavy atom. The molecule has 0 spiro atoms. The van der Waals surface area contributed by atoms with Crippen molar-refractivity contribution in [2.75, 3.05) is 13.2 Å². The number of hydrogen-bond donors (Lipinski definition) is 0. The second kappa shape index (κ2) is 8.54. The summed E-state index contributed by atoms with van der Waals surface area (Å²) in [6.45, 7) is 15.7. The van der Waals surface area contributed by atoms with E-state index in [0.29, 0.717) is 25.0 Å². The van der Waals surface area contributed by atoms with Gasteiger partial charge in [-0.3, -0.25) is 0 Å². The van der Waals surface area contributed by atoms with Gasteiger partial charge in [0.05, 0.1) is 13.2 Å². The molecule has 0 aliphatic carbocycles. The highest BCUT2D eigenvalue weighted by Crippen LogP contribution is 2.15. The van der Waals surface area contributed by atoms with Crippen molar-refractivity contribution in [3.8, 4) is 0 Å². The second-order valence-corrected chi connectivity index (χ2v) is 5.02. The van der Waals surface area contributed by atoms with Crippen molar-refractivity contribution < 1.29 is 9.78 Å². The summed E-state index contributed by atoms with van der Waals surface area (Å²) in [6.07, 6.45) is 3.19. The molecule has 94 valence electrons. The largest absolute Gasteiger partial charge is 0.236 e. The number of rotatable bonds is 8. The average Bonchev–Trinajstić information content (AvgIpc) is 2.15. The smallest absolute Gasteiger partial charge is 0.0890 e. The normalized spacial score (nSPS) is 12.6. The third-order valence-corrected chi connectivity index (χ3v) is 2.26. The quantitative estimate of drug-likeness (QED) is 0.268. The lowest BCUT2D eigenvalue weighted by Gasteiger charge is -2.15. The van der Waals surface area contributed by atoms with Crippen molar-refractivity contribution in [1.82, 2.24) is 0 Å². The Morgan fingerprint density at radius 3 is 2.12 bits per heavy atom. The Bertz CT molecular complexity index is 225. The molecular weight excluding hydrogens is 200 g/mol. The van der Waals surface area contributed by atoms with E-state index in [2.05, 4.69) is 40.3 Å². The van der Waals surface area contributed by atoms with Crippen LogP contribution in [0.4, 0.5) is 0 Å². The van der Waals surface area contributed by atoms with Crippen LogP contribution in [0.3, 0.4) is 0 Å². The van der Waals surface area contributed by atoms with Crippen LogP contribution in [0.1, 0.15) is 41.0 Å². The van der Waals surface area contributed by atoms with E-state index in [1.165, 1.54) is 5.57 Å². The summed E-state index contributed by atoms with van der Waals surface area (Å²) in [4.78, 5) is 10.3.